The molecule has 1 nitrogen and oxygen atoms in total. The summed E-state index contributed by atoms with van der Waals surface area (Å²) in [4.78, 5) is 4.12. The van der Waals surface area contributed by atoms with Gasteiger partial charge in [-0.1, -0.05) is 23.7 Å². The van der Waals surface area contributed by atoms with Crippen molar-refractivity contribution in [1.82, 2.24) is 4.98 Å². The van der Waals surface area contributed by atoms with Crippen molar-refractivity contribution in [2.24, 2.45) is 5.92 Å². The molecule has 0 spiro atoms. The molecular formula is C12H14ClN. The smallest absolute Gasteiger partial charge is 0.0299 e. The first-order valence-corrected chi connectivity index (χ1v) is 5.46. The highest BCUT2D eigenvalue weighted by molar-refractivity contribution is 6.29. The lowest BCUT2D eigenvalue weighted by atomic mass is 9.89. The summed E-state index contributed by atoms with van der Waals surface area (Å²) in [5.74, 6) is 0.705. The maximum atomic E-state index is 6.02. The second kappa shape index (κ2) is 4.61. The second-order valence-electron chi connectivity index (χ2n) is 3.86. The van der Waals surface area contributed by atoms with Gasteiger partial charge in [-0.05, 0) is 43.2 Å². The number of hydrogen-bond acceptors (Lipinski definition) is 1. The molecule has 1 heterocycles. The molecule has 1 aromatic heterocycles. The van der Waals surface area contributed by atoms with Crippen LogP contribution in [0, 0.1) is 5.92 Å². The first kappa shape index (κ1) is 9.72. The maximum absolute atomic E-state index is 6.02. The van der Waals surface area contributed by atoms with Crippen LogP contribution in [-0.4, -0.2) is 4.98 Å². The number of allylic oxidation sites excluding steroid dienone is 2. The molecule has 0 aromatic carbocycles. The highest BCUT2D eigenvalue weighted by Crippen LogP contribution is 2.28. The minimum Gasteiger partial charge on any atom is -0.264 e. The number of halogens is 1. The van der Waals surface area contributed by atoms with Crippen molar-refractivity contribution < 1.29 is 0 Å². The molecule has 0 fully saturated rings. The Kier molecular flexibility index (Phi) is 3.20. The minimum absolute atomic E-state index is 0.705. The maximum Gasteiger partial charge on any atom is 0.0299 e. The summed E-state index contributed by atoms with van der Waals surface area (Å²) in [5.41, 5.74) is 1.32. The number of pyridine rings is 1. The molecule has 2 rings (SSSR count). The van der Waals surface area contributed by atoms with E-state index in [1.807, 2.05) is 18.5 Å². The molecule has 1 unspecified atom stereocenters. The molecular weight excluding hydrogens is 194 g/mol. The Hall–Kier alpha value is -0.820. The molecule has 1 aromatic rings. The topological polar surface area (TPSA) is 12.9 Å². The molecule has 0 aliphatic heterocycles. The van der Waals surface area contributed by atoms with E-state index >= 15 is 0 Å². The van der Waals surface area contributed by atoms with Crippen LogP contribution in [-0.2, 0) is 6.42 Å². The summed E-state index contributed by atoms with van der Waals surface area (Å²) in [6.07, 6.45) is 10.4. The minimum atomic E-state index is 0.705. The molecule has 1 atom stereocenters. The van der Waals surface area contributed by atoms with Crippen LogP contribution < -0.4 is 0 Å². The highest BCUT2D eigenvalue weighted by Gasteiger charge is 2.14. The van der Waals surface area contributed by atoms with Gasteiger partial charge in [0.2, 0.25) is 0 Å². The Morgan fingerprint density at radius 2 is 2.43 bits per heavy atom. The summed E-state index contributed by atoms with van der Waals surface area (Å²) in [7, 11) is 0. The molecule has 0 bridgehead atoms. The monoisotopic (exact) mass is 207 g/mol. The van der Waals surface area contributed by atoms with Crippen LogP contribution in [0.2, 0.25) is 0 Å². The molecule has 1 aliphatic rings. The zero-order valence-corrected chi connectivity index (χ0v) is 8.87. The Morgan fingerprint density at radius 1 is 1.50 bits per heavy atom. The number of rotatable bonds is 2. The Labute approximate surface area is 89.8 Å². The fraction of sp³-hybridized carbons (Fsp3) is 0.417. The van der Waals surface area contributed by atoms with Gasteiger partial charge in [0.05, 0.1) is 0 Å². The Morgan fingerprint density at radius 3 is 3.14 bits per heavy atom. The average molecular weight is 208 g/mol. The normalized spacial score (nSPS) is 21.8. The van der Waals surface area contributed by atoms with Gasteiger partial charge in [-0.3, -0.25) is 4.98 Å². The van der Waals surface area contributed by atoms with Gasteiger partial charge in [0.15, 0.2) is 0 Å². The zero-order valence-electron chi connectivity index (χ0n) is 8.12. The quantitative estimate of drug-likeness (QED) is 0.723. The van der Waals surface area contributed by atoms with E-state index in [2.05, 4.69) is 17.1 Å². The predicted octanol–water partition coefficient (Wildman–Crippen LogP) is 3.55. The van der Waals surface area contributed by atoms with E-state index in [0.29, 0.717) is 5.92 Å². The van der Waals surface area contributed by atoms with Crippen LogP contribution in [0.25, 0.3) is 0 Å². The van der Waals surface area contributed by atoms with Gasteiger partial charge in [-0.25, -0.2) is 0 Å². The summed E-state index contributed by atoms with van der Waals surface area (Å²) in [5, 5.41) is 1.03. The van der Waals surface area contributed by atoms with Crippen molar-refractivity contribution in [3.05, 3.63) is 41.2 Å². The Balaban J connectivity index is 1.96. The third kappa shape index (κ3) is 2.58. The van der Waals surface area contributed by atoms with Crippen molar-refractivity contribution in [2.75, 3.05) is 0 Å². The van der Waals surface area contributed by atoms with Crippen LogP contribution in [0.1, 0.15) is 24.8 Å². The van der Waals surface area contributed by atoms with Crippen molar-refractivity contribution in [2.45, 2.75) is 25.7 Å². The number of nitrogens with zero attached hydrogens (tertiary/aromatic N) is 1. The van der Waals surface area contributed by atoms with Gasteiger partial charge in [-0.2, -0.15) is 0 Å². The molecule has 0 radical (unpaired) electrons. The molecule has 0 N–H and O–H groups in total. The Bertz CT molecular complexity index is 318. The largest absolute Gasteiger partial charge is 0.264 e. The average Bonchev–Trinajstić information content (AvgIpc) is 2.19. The van der Waals surface area contributed by atoms with Gasteiger partial charge < -0.3 is 0 Å². The lowest BCUT2D eigenvalue weighted by Crippen LogP contribution is -2.08. The van der Waals surface area contributed by atoms with Gasteiger partial charge in [0.1, 0.15) is 0 Å². The van der Waals surface area contributed by atoms with Gasteiger partial charge in [-0.15, -0.1) is 0 Å². The first-order valence-electron chi connectivity index (χ1n) is 5.08. The lowest BCUT2D eigenvalue weighted by molar-refractivity contribution is 0.472. The fourth-order valence-corrected chi connectivity index (χ4v) is 2.29. The summed E-state index contributed by atoms with van der Waals surface area (Å²) in [6, 6.07) is 4.13. The molecule has 0 saturated heterocycles. The molecule has 2 heteroatoms. The van der Waals surface area contributed by atoms with Crippen LogP contribution >= 0.6 is 11.6 Å². The van der Waals surface area contributed by atoms with Crippen LogP contribution in [0.15, 0.2) is 35.6 Å². The first-order chi connectivity index (χ1) is 6.84. The van der Waals surface area contributed by atoms with Crippen LogP contribution in [0.3, 0.4) is 0 Å². The van der Waals surface area contributed by atoms with E-state index in [4.69, 9.17) is 11.6 Å². The van der Waals surface area contributed by atoms with Gasteiger partial charge in [0, 0.05) is 17.4 Å². The van der Waals surface area contributed by atoms with E-state index in [9.17, 15) is 0 Å². The number of aromatic nitrogens is 1. The highest BCUT2D eigenvalue weighted by atomic mass is 35.5. The second-order valence-corrected chi connectivity index (χ2v) is 4.35. The summed E-state index contributed by atoms with van der Waals surface area (Å²) >= 11 is 6.02. The van der Waals surface area contributed by atoms with Crippen LogP contribution in [0.5, 0.6) is 0 Å². The van der Waals surface area contributed by atoms with E-state index in [1.54, 1.807) is 0 Å². The van der Waals surface area contributed by atoms with Crippen molar-refractivity contribution >= 4 is 11.6 Å². The standard InChI is InChI=1S/C12H14ClN/c13-12-5-1-3-10(8-12)7-11-4-2-6-14-9-11/h2,4-6,9-10H,1,3,7-8H2. The molecule has 0 saturated carbocycles. The van der Waals surface area contributed by atoms with E-state index in [0.717, 1.165) is 24.3 Å². The van der Waals surface area contributed by atoms with E-state index in [-0.39, 0.29) is 0 Å². The predicted molar refractivity (Wildman–Crippen MR) is 59.2 cm³/mol. The zero-order chi connectivity index (χ0) is 9.80. The molecule has 0 amide bonds. The summed E-state index contributed by atoms with van der Waals surface area (Å²) < 4.78 is 0. The van der Waals surface area contributed by atoms with Crippen LogP contribution in [0.4, 0.5) is 0 Å². The van der Waals surface area contributed by atoms with E-state index in [1.165, 1.54) is 12.0 Å². The molecule has 74 valence electrons. The summed E-state index contributed by atoms with van der Waals surface area (Å²) in [6.45, 7) is 0. The van der Waals surface area contributed by atoms with Gasteiger partial charge in [0.25, 0.3) is 0 Å². The van der Waals surface area contributed by atoms with E-state index < -0.39 is 0 Å². The number of hydrogen-bond donors (Lipinski definition) is 0. The lowest BCUT2D eigenvalue weighted by Gasteiger charge is -2.19. The molecule has 1 aliphatic carbocycles. The van der Waals surface area contributed by atoms with Gasteiger partial charge >= 0.3 is 0 Å². The third-order valence-electron chi connectivity index (χ3n) is 2.67. The van der Waals surface area contributed by atoms with Crippen molar-refractivity contribution in [3.8, 4) is 0 Å². The third-order valence-corrected chi connectivity index (χ3v) is 2.98. The molecule has 14 heavy (non-hydrogen) atoms. The van der Waals surface area contributed by atoms with Crippen molar-refractivity contribution in [1.29, 1.82) is 0 Å². The fourth-order valence-electron chi connectivity index (χ4n) is 1.96. The van der Waals surface area contributed by atoms with Crippen molar-refractivity contribution in [3.63, 3.8) is 0 Å². The SMILES string of the molecule is ClC1=CCCC(Cc2cccnc2)C1.